The Morgan fingerprint density at radius 1 is 1.62 bits per heavy atom. The number of amides is 2. The second kappa shape index (κ2) is 4.06. The van der Waals surface area contributed by atoms with E-state index in [0.29, 0.717) is 19.4 Å². The highest BCUT2D eigenvalue weighted by molar-refractivity contribution is 5.85. The van der Waals surface area contributed by atoms with Gasteiger partial charge in [0.2, 0.25) is 5.91 Å². The highest BCUT2D eigenvalue weighted by Gasteiger charge is 2.34. The van der Waals surface area contributed by atoms with E-state index in [1.54, 1.807) is 0 Å². The molecule has 6 heteroatoms. The summed E-state index contributed by atoms with van der Waals surface area (Å²) >= 11 is 0. The molecule has 1 heterocycles. The van der Waals surface area contributed by atoms with Gasteiger partial charge in [-0.1, -0.05) is 0 Å². The quantitative estimate of drug-likeness (QED) is 0.643. The Morgan fingerprint density at radius 2 is 2.31 bits per heavy atom. The van der Waals surface area contributed by atoms with Gasteiger partial charge in [-0.15, -0.1) is 0 Å². The number of nitrogens with one attached hydrogen (secondary N) is 1. The molecule has 2 amide bonds. The fraction of sp³-hybridized carbons (Fsp3) is 0.714. The van der Waals surface area contributed by atoms with Crippen LogP contribution in [0.1, 0.15) is 12.8 Å². The third-order valence-electron chi connectivity index (χ3n) is 2.10. The predicted octanol–water partition coefficient (Wildman–Crippen LogP) is 0.218. The molecular weight excluding hydrogens is 179 g/mol. The molecule has 0 bridgehead atoms. The highest BCUT2D eigenvalue weighted by Crippen LogP contribution is 2.18. The Labute approximate surface area is 74.7 Å². The second-order valence-electron chi connectivity index (χ2n) is 2.81. The molecule has 0 saturated carbocycles. The fourth-order valence-electron chi connectivity index (χ4n) is 1.47. The van der Waals surface area contributed by atoms with Crippen molar-refractivity contribution in [1.82, 2.24) is 10.2 Å². The number of nitrogens with zero attached hydrogens (tertiary/aromatic N) is 1. The fourth-order valence-corrected chi connectivity index (χ4v) is 1.47. The van der Waals surface area contributed by atoms with Crippen LogP contribution in [-0.4, -0.2) is 36.5 Å². The zero-order chi connectivity index (χ0) is 9.84. The minimum atomic E-state index is -1.09. The standard InChI is InChI=1S/C7H11FN2O3/c1-9-6(11)5-3-2-4-10(5)7(12)13-8/h5H,2-4H2,1H3,(H,9,11). The molecule has 1 rings (SSSR count). The van der Waals surface area contributed by atoms with Crippen molar-refractivity contribution in [1.29, 1.82) is 0 Å². The van der Waals surface area contributed by atoms with Gasteiger partial charge in [-0.3, -0.25) is 9.69 Å². The molecule has 0 spiro atoms. The number of carbonyl (C=O) groups is 2. The van der Waals surface area contributed by atoms with Crippen LogP contribution in [0.5, 0.6) is 0 Å². The monoisotopic (exact) mass is 190 g/mol. The molecule has 5 nitrogen and oxygen atoms in total. The first-order valence-electron chi connectivity index (χ1n) is 4.01. The average molecular weight is 190 g/mol. The lowest BCUT2D eigenvalue weighted by Crippen LogP contribution is -2.44. The summed E-state index contributed by atoms with van der Waals surface area (Å²) in [7, 11) is 1.47. The summed E-state index contributed by atoms with van der Waals surface area (Å²) in [5, 5.41) is 2.41. The smallest absolute Gasteiger partial charge is 0.357 e. The van der Waals surface area contributed by atoms with Crippen LogP contribution in [0.2, 0.25) is 0 Å². The summed E-state index contributed by atoms with van der Waals surface area (Å²) in [6, 6.07) is -0.590. The second-order valence-corrected chi connectivity index (χ2v) is 2.81. The lowest BCUT2D eigenvalue weighted by atomic mass is 10.2. The third-order valence-corrected chi connectivity index (χ3v) is 2.10. The van der Waals surface area contributed by atoms with E-state index in [1.165, 1.54) is 7.05 Å². The summed E-state index contributed by atoms with van der Waals surface area (Å²) < 4.78 is 11.6. The first-order chi connectivity index (χ1) is 6.20. The largest absolute Gasteiger partial charge is 0.448 e. The maximum atomic E-state index is 11.6. The minimum absolute atomic E-state index is 0.289. The average Bonchev–Trinajstić information content (AvgIpc) is 2.63. The summed E-state index contributed by atoms with van der Waals surface area (Å²) in [6.45, 7) is 0.362. The molecule has 1 fully saturated rings. The zero-order valence-corrected chi connectivity index (χ0v) is 7.25. The molecule has 0 aromatic heterocycles. The van der Waals surface area contributed by atoms with Crippen LogP contribution in [0, 0.1) is 0 Å². The summed E-state index contributed by atoms with van der Waals surface area (Å²) in [5.74, 6) is -0.289. The Morgan fingerprint density at radius 3 is 2.85 bits per heavy atom. The van der Waals surface area contributed by atoms with Crippen LogP contribution in [0.25, 0.3) is 0 Å². The highest BCUT2D eigenvalue weighted by atomic mass is 19.3. The van der Waals surface area contributed by atoms with Crippen molar-refractivity contribution < 1.29 is 19.1 Å². The Bertz CT molecular complexity index is 200. The van der Waals surface area contributed by atoms with Crippen molar-refractivity contribution in [2.24, 2.45) is 0 Å². The van der Waals surface area contributed by atoms with Gasteiger partial charge in [-0.25, -0.2) is 9.74 Å². The number of hydrogen-bond donors (Lipinski definition) is 1. The first kappa shape index (κ1) is 9.76. The van der Waals surface area contributed by atoms with Crippen LogP contribution >= 0.6 is 0 Å². The lowest BCUT2D eigenvalue weighted by molar-refractivity contribution is -0.126. The molecule has 0 aromatic rings. The molecule has 1 aliphatic heterocycles. The molecule has 1 N–H and O–H groups in total. The molecule has 1 saturated heterocycles. The van der Waals surface area contributed by atoms with Crippen molar-refractivity contribution in [2.45, 2.75) is 18.9 Å². The van der Waals surface area contributed by atoms with Gasteiger partial charge in [-0.05, 0) is 12.8 Å². The molecule has 1 unspecified atom stereocenters. The van der Waals surface area contributed by atoms with E-state index < -0.39 is 12.1 Å². The molecule has 1 aliphatic rings. The van der Waals surface area contributed by atoms with E-state index in [1.807, 2.05) is 0 Å². The van der Waals surface area contributed by atoms with E-state index in [4.69, 9.17) is 0 Å². The molecule has 0 aliphatic carbocycles. The van der Waals surface area contributed by atoms with Crippen molar-refractivity contribution in [2.75, 3.05) is 13.6 Å². The molecule has 1 atom stereocenters. The minimum Gasteiger partial charge on any atom is -0.357 e. The van der Waals surface area contributed by atoms with Gasteiger partial charge in [0.15, 0.2) is 0 Å². The van der Waals surface area contributed by atoms with Crippen molar-refractivity contribution in [3.8, 4) is 0 Å². The maximum absolute atomic E-state index is 11.6. The topological polar surface area (TPSA) is 58.6 Å². The van der Waals surface area contributed by atoms with E-state index in [9.17, 15) is 14.1 Å². The molecule has 0 radical (unpaired) electrons. The van der Waals surface area contributed by atoms with Gasteiger partial charge in [0.25, 0.3) is 0 Å². The first-order valence-corrected chi connectivity index (χ1v) is 4.01. The summed E-state index contributed by atoms with van der Waals surface area (Å²) in [4.78, 5) is 26.1. The predicted molar refractivity (Wildman–Crippen MR) is 41.4 cm³/mol. The Hall–Kier alpha value is -1.33. The Balaban J connectivity index is 2.63. The molecule has 0 aromatic carbocycles. The number of hydrogen-bond acceptors (Lipinski definition) is 3. The van der Waals surface area contributed by atoms with Crippen LogP contribution in [-0.2, 0) is 9.74 Å². The third kappa shape index (κ3) is 1.88. The van der Waals surface area contributed by atoms with Gasteiger partial charge in [-0.2, -0.15) is 0 Å². The van der Waals surface area contributed by atoms with Crippen molar-refractivity contribution >= 4 is 12.0 Å². The van der Waals surface area contributed by atoms with Crippen LogP contribution in [0.15, 0.2) is 0 Å². The van der Waals surface area contributed by atoms with E-state index in [-0.39, 0.29) is 5.91 Å². The van der Waals surface area contributed by atoms with Gasteiger partial charge in [0.05, 0.1) is 0 Å². The van der Waals surface area contributed by atoms with Crippen molar-refractivity contribution in [3.63, 3.8) is 0 Å². The van der Waals surface area contributed by atoms with Gasteiger partial charge in [0, 0.05) is 18.1 Å². The summed E-state index contributed by atoms with van der Waals surface area (Å²) in [5.41, 5.74) is 0. The van der Waals surface area contributed by atoms with Gasteiger partial charge in [0.1, 0.15) is 6.04 Å². The maximum Gasteiger partial charge on any atom is 0.448 e. The lowest BCUT2D eigenvalue weighted by Gasteiger charge is -2.19. The molecule has 13 heavy (non-hydrogen) atoms. The summed E-state index contributed by atoms with van der Waals surface area (Å²) in [6.07, 6.45) is 0.146. The van der Waals surface area contributed by atoms with Crippen molar-refractivity contribution in [3.05, 3.63) is 0 Å². The molecule has 74 valence electrons. The number of rotatable bonds is 1. The van der Waals surface area contributed by atoms with E-state index in [2.05, 4.69) is 10.3 Å². The zero-order valence-electron chi connectivity index (χ0n) is 7.25. The van der Waals surface area contributed by atoms with E-state index in [0.717, 1.165) is 4.90 Å². The SMILES string of the molecule is CNC(=O)C1CCCN1C(=O)OF. The van der Waals surface area contributed by atoms with Gasteiger partial charge < -0.3 is 5.32 Å². The van der Waals surface area contributed by atoms with Crippen LogP contribution in [0.4, 0.5) is 9.32 Å². The van der Waals surface area contributed by atoms with Crippen LogP contribution < -0.4 is 5.32 Å². The van der Waals surface area contributed by atoms with E-state index >= 15 is 0 Å². The molecular formula is C7H11FN2O3. The number of carbonyl (C=O) groups excluding carboxylic acids is 2. The van der Waals surface area contributed by atoms with Gasteiger partial charge >= 0.3 is 6.09 Å². The number of likely N-dealkylation sites (N-methyl/N-ethyl adjacent to an activating group) is 1. The number of halogens is 1. The van der Waals surface area contributed by atoms with Crippen LogP contribution in [0.3, 0.4) is 0 Å². The number of likely N-dealkylation sites (tertiary alicyclic amines) is 1. The Kier molecular flexibility index (Phi) is 3.05. The normalized spacial score (nSPS) is 21.4.